The second-order valence-corrected chi connectivity index (χ2v) is 6.60. The summed E-state index contributed by atoms with van der Waals surface area (Å²) in [5.74, 6) is 0.653. The van der Waals surface area contributed by atoms with Crippen molar-refractivity contribution < 1.29 is 9.84 Å². The fourth-order valence-corrected chi connectivity index (χ4v) is 2.71. The van der Waals surface area contributed by atoms with Crippen molar-refractivity contribution in [2.24, 2.45) is 0 Å². The molecule has 0 saturated heterocycles. The maximum atomic E-state index is 10.0. The lowest BCUT2D eigenvalue weighted by atomic mass is 10.1. The molecule has 0 fully saturated rings. The predicted octanol–water partition coefficient (Wildman–Crippen LogP) is 3.06. The first kappa shape index (κ1) is 16.2. The van der Waals surface area contributed by atoms with Crippen LogP contribution in [0.3, 0.4) is 0 Å². The highest BCUT2D eigenvalue weighted by Gasteiger charge is 2.23. The summed E-state index contributed by atoms with van der Waals surface area (Å²) >= 11 is 7.47. The van der Waals surface area contributed by atoms with Gasteiger partial charge in [0.1, 0.15) is 23.5 Å². The van der Waals surface area contributed by atoms with Crippen molar-refractivity contribution in [1.82, 2.24) is 10.3 Å². The third-order valence-electron chi connectivity index (χ3n) is 2.99. The average Bonchev–Trinajstić information content (AvgIpc) is 2.98. The van der Waals surface area contributed by atoms with Crippen LogP contribution in [0.5, 0.6) is 5.75 Å². The molecule has 2 rings (SSSR count). The van der Waals surface area contributed by atoms with Crippen LogP contribution < -0.4 is 10.1 Å². The van der Waals surface area contributed by atoms with Gasteiger partial charge in [0.25, 0.3) is 0 Å². The number of halogens is 1. The molecule has 1 aromatic heterocycles. The van der Waals surface area contributed by atoms with Crippen LogP contribution in [0.1, 0.15) is 18.9 Å². The molecular formula is C15H19ClN2O2S. The summed E-state index contributed by atoms with van der Waals surface area (Å²) in [6.45, 7) is 4.71. The van der Waals surface area contributed by atoms with E-state index in [1.165, 1.54) is 0 Å². The van der Waals surface area contributed by atoms with Gasteiger partial charge < -0.3 is 15.2 Å². The van der Waals surface area contributed by atoms with E-state index in [0.717, 1.165) is 5.01 Å². The van der Waals surface area contributed by atoms with E-state index in [0.29, 0.717) is 17.3 Å². The zero-order chi connectivity index (χ0) is 15.3. The zero-order valence-electron chi connectivity index (χ0n) is 12.0. The molecule has 6 heteroatoms. The lowest BCUT2D eigenvalue weighted by molar-refractivity contribution is 0.0987. The molecule has 2 aromatic rings. The van der Waals surface area contributed by atoms with E-state index in [1.54, 1.807) is 29.7 Å². The summed E-state index contributed by atoms with van der Waals surface area (Å²) in [6, 6.07) is 7.13. The quantitative estimate of drug-likeness (QED) is 0.821. The van der Waals surface area contributed by atoms with Crippen LogP contribution in [0.25, 0.3) is 0 Å². The number of rotatable bonds is 7. The minimum atomic E-state index is -0.608. The van der Waals surface area contributed by atoms with Crippen LogP contribution in [0.15, 0.2) is 35.8 Å². The molecule has 0 spiro atoms. The molecule has 4 nitrogen and oxygen atoms in total. The van der Waals surface area contributed by atoms with Crippen LogP contribution in [0.2, 0.25) is 5.02 Å². The van der Waals surface area contributed by atoms with Crippen molar-refractivity contribution in [1.29, 1.82) is 0 Å². The van der Waals surface area contributed by atoms with E-state index in [4.69, 9.17) is 16.3 Å². The lowest BCUT2D eigenvalue weighted by Gasteiger charge is -2.25. The van der Waals surface area contributed by atoms with Crippen molar-refractivity contribution >= 4 is 22.9 Å². The Labute approximate surface area is 133 Å². The molecule has 21 heavy (non-hydrogen) atoms. The fraction of sp³-hybridized carbons (Fsp3) is 0.400. The Balaban J connectivity index is 1.78. The van der Waals surface area contributed by atoms with E-state index in [1.807, 2.05) is 31.4 Å². The van der Waals surface area contributed by atoms with E-state index in [-0.39, 0.29) is 12.1 Å². The SMILES string of the molecule is CC(C)(NCC(O)COc1cccc(Cl)c1)c1nccs1. The predicted molar refractivity (Wildman–Crippen MR) is 86.1 cm³/mol. The molecule has 0 aliphatic heterocycles. The van der Waals surface area contributed by atoms with Gasteiger partial charge in [0.2, 0.25) is 0 Å². The van der Waals surface area contributed by atoms with Crippen molar-refractivity contribution in [3.63, 3.8) is 0 Å². The second kappa shape index (κ2) is 7.22. The first-order chi connectivity index (χ1) is 9.97. The number of ether oxygens (including phenoxy) is 1. The van der Waals surface area contributed by atoms with E-state index in [2.05, 4.69) is 10.3 Å². The molecule has 0 radical (unpaired) electrons. The molecule has 0 saturated carbocycles. The number of hydrogen-bond donors (Lipinski definition) is 2. The second-order valence-electron chi connectivity index (χ2n) is 5.27. The van der Waals surface area contributed by atoms with Gasteiger partial charge in [0.05, 0.1) is 5.54 Å². The number of aliphatic hydroxyl groups excluding tert-OH is 1. The largest absolute Gasteiger partial charge is 0.491 e. The van der Waals surface area contributed by atoms with Crippen molar-refractivity contribution in [2.45, 2.75) is 25.5 Å². The summed E-state index contributed by atoms with van der Waals surface area (Å²) in [7, 11) is 0. The van der Waals surface area contributed by atoms with Crippen LogP contribution in [0.4, 0.5) is 0 Å². The highest BCUT2D eigenvalue weighted by Crippen LogP contribution is 2.22. The molecule has 1 heterocycles. The molecule has 0 bridgehead atoms. The molecule has 0 amide bonds. The molecule has 1 unspecified atom stereocenters. The molecule has 2 N–H and O–H groups in total. The number of nitrogens with one attached hydrogen (secondary N) is 1. The number of aromatic nitrogens is 1. The maximum absolute atomic E-state index is 10.0. The van der Waals surface area contributed by atoms with Gasteiger partial charge in [-0.15, -0.1) is 11.3 Å². The zero-order valence-corrected chi connectivity index (χ0v) is 13.6. The molecule has 0 aliphatic rings. The van der Waals surface area contributed by atoms with Crippen molar-refractivity contribution in [3.05, 3.63) is 45.9 Å². The topological polar surface area (TPSA) is 54.4 Å². The molecule has 0 aliphatic carbocycles. The minimum Gasteiger partial charge on any atom is -0.491 e. The molecule has 1 atom stereocenters. The molecule has 1 aromatic carbocycles. The Hall–Kier alpha value is -1.14. The van der Waals surface area contributed by atoms with Gasteiger partial charge in [-0.2, -0.15) is 0 Å². The van der Waals surface area contributed by atoms with Gasteiger partial charge >= 0.3 is 0 Å². The first-order valence-corrected chi connectivity index (χ1v) is 7.94. The van der Waals surface area contributed by atoms with Gasteiger partial charge in [-0.3, -0.25) is 0 Å². The van der Waals surface area contributed by atoms with Gasteiger partial charge in [-0.25, -0.2) is 4.98 Å². The first-order valence-electron chi connectivity index (χ1n) is 6.69. The monoisotopic (exact) mass is 326 g/mol. The normalized spacial score (nSPS) is 13.1. The smallest absolute Gasteiger partial charge is 0.120 e. The Morgan fingerprint density at radius 3 is 2.95 bits per heavy atom. The Morgan fingerprint density at radius 1 is 1.48 bits per heavy atom. The van der Waals surface area contributed by atoms with Crippen LogP contribution in [0, 0.1) is 0 Å². The Bertz CT molecular complexity index is 561. The molecular weight excluding hydrogens is 308 g/mol. The number of benzene rings is 1. The van der Waals surface area contributed by atoms with Crippen molar-refractivity contribution in [2.75, 3.05) is 13.2 Å². The number of aliphatic hydroxyl groups is 1. The highest BCUT2D eigenvalue weighted by molar-refractivity contribution is 7.09. The van der Waals surface area contributed by atoms with Gasteiger partial charge in [-0.1, -0.05) is 17.7 Å². The van der Waals surface area contributed by atoms with Gasteiger partial charge in [0.15, 0.2) is 0 Å². The van der Waals surface area contributed by atoms with Crippen LogP contribution in [-0.2, 0) is 5.54 Å². The van der Waals surface area contributed by atoms with E-state index >= 15 is 0 Å². The lowest BCUT2D eigenvalue weighted by Crippen LogP contribution is -2.42. The van der Waals surface area contributed by atoms with E-state index < -0.39 is 6.10 Å². The standard InChI is InChI=1S/C15H19ClN2O2S/c1-15(2,14-17-6-7-21-14)18-9-12(19)10-20-13-5-3-4-11(16)8-13/h3-8,12,18-19H,9-10H2,1-2H3. The van der Waals surface area contributed by atoms with Crippen molar-refractivity contribution in [3.8, 4) is 5.75 Å². The van der Waals surface area contributed by atoms with Crippen LogP contribution >= 0.6 is 22.9 Å². The summed E-state index contributed by atoms with van der Waals surface area (Å²) < 4.78 is 5.52. The van der Waals surface area contributed by atoms with Gasteiger partial charge in [0, 0.05) is 23.1 Å². The van der Waals surface area contributed by atoms with Gasteiger partial charge in [-0.05, 0) is 32.0 Å². The number of nitrogens with zero attached hydrogens (tertiary/aromatic N) is 1. The summed E-state index contributed by atoms with van der Waals surface area (Å²) in [6.07, 6.45) is 1.17. The Morgan fingerprint density at radius 2 is 2.29 bits per heavy atom. The minimum absolute atomic E-state index is 0.210. The third-order valence-corrected chi connectivity index (χ3v) is 4.32. The Kier molecular flexibility index (Phi) is 5.58. The number of hydrogen-bond acceptors (Lipinski definition) is 5. The summed E-state index contributed by atoms with van der Waals surface area (Å²) in [5.41, 5.74) is -0.273. The summed E-state index contributed by atoms with van der Waals surface area (Å²) in [4.78, 5) is 4.30. The number of thiazole rings is 1. The highest BCUT2D eigenvalue weighted by atomic mass is 35.5. The summed E-state index contributed by atoms with van der Waals surface area (Å²) in [5, 5.41) is 16.9. The average molecular weight is 327 g/mol. The van der Waals surface area contributed by atoms with E-state index in [9.17, 15) is 5.11 Å². The maximum Gasteiger partial charge on any atom is 0.120 e. The third kappa shape index (κ3) is 4.97. The fourth-order valence-electron chi connectivity index (χ4n) is 1.79. The van der Waals surface area contributed by atoms with Crippen LogP contribution in [-0.4, -0.2) is 29.3 Å². The molecule has 114 valence electrons.